The molecule has 2 rings (SSSR count). The Kier molecular flexibility index (Phi) is 11.9. The van der Waals surface area contributed by atoms with Crippen molar-refractivity contribution in [2.24, 2.45) is 10.9 Å². The normalized spacial score (nSPS) is 16.2. The Hall–Kier alpha value is -0.860. The van der Waals surface area contributed by atoms with E-state index in [0.29, 0.717) is 6.61 Å². The molecule has 1 saturated heterocycles. The lowest BCUT2D eigenvalue weighted by atomic mass is 9.99. The number of guanidine groups is 1. The second kappa shape index (κ2) is 13.3. The van der Waals surface area contributed by atoms with Crippen LogP contribution in [0, 0.1) is 5.92 Å². The standard InChI is InChI=1S/C20H34N4O.HI/c1-17-9-13-24(14-10-17)12-6-11-22-20(21-2)23-15-18-7-4-5-8-19(18)16-25-3;/h4-5,7-8,17H,6,9-16H2,1-3H3,(H2,21,22,23);1H. The van der Waals surface area contributed by atoms with Crippen LogP contribution in [0.1, 0.15) is 37.3 Å². The van der Waals surface area contributed by atoms with E-state index in [2.05, 4.69) is 45.6 Å². The number of hydrogen-bond acceptors (Lipinski definition) is 3. The van der Waals surface area contributed by atoms with E-state index in [1.54, 1.807) is 7.11 Å². The Morgan fingerprint density at radius 3 is 2.54 bits per heavy atom. The molecule has 1 aromatic rings. The van der Waals surface area contributed by atoms with Crippen LogP contribution in [0.5, 0.6) is 0 Å². The van der Waals surface area contributed by atoms with Crippen molar-refractivity contribution in [1.29, 1.82) is 0 Å². The topological polar surface area (TPSA) is 48.9 Å². The third-order valence-electron chi connectivity index (χ3n) is 4.91. The van der Waals surface area contributed by atoms with Gasteiger partial charge in [-0.25, -0.2) is 0 Å². The zero-order chi connectivity index (χ0) is 17.9. The van der Waals surface area contributed by atoms with Crippen molar-refractivity contribution >= 4 is 29.9 Å². The summed E-state index contributed by atoms with van der Waals surface area (Å²) in [5, 5.41) is 6.82. The van der Waals surface area contributed by atoms with Crippen LogP contribution in [0.25, 0.3) is 0 Å². The Labute approximate surface area is 176 Å². The molecule has 1 aliphatic rings. The van der Waals surface area contributed by atoms with E-state index in [1.807, 2.05) is 13.1 Å². The number of nitrogens with one attached hydrogen (secondary N) is 2. The number of methoxy groups -OCH3 is 1. The molecule has 1 heterocycles. The summed E-state index contributed by atoms with van der Waals surface area (Å²) in [5.74, 6) is 1.76. The second-order valence-corrected chi connectivity index (χ2v) is 6.93. The molecule has 1 fully saturated rings. The quantitative estimate of drug-likeness (QED) is 0.263. The predicted octanol–water partition coefficient (Wildman–Crippen LogP) is 3.24. The summed E-state index contributed by atoms with van der Waals surface area (Å²) >= 11 is 0. The SMILES string of the molecule is CN=C(NCCCN1CCC(C)CC1)NCc1ccccc1COC.I. The van der Waals surface area contributed by atoms with Gasteiger partial charge in [0.1, 0.15) is 0 Å². The van der Waals surface area contributed by atoms with Gasteiger partial charge in [-0.2, -0.15) is 0 Å². The van der Waals surface area contributed by atoms with Crippen molar-refractivity contribution in [2.75, 3.05) is 40.3 Å². The molecule has 26 heavy (non-hydrogen) atoms. The van der Waals surface area contributed by atoms with E-state index in [-0.39, 0.29) is 24.0 Å². The lowest BCUT2D eigenvalue weighted by Gasteiger charge is -2.30. The molecule has 5 nitrogen and oxygen atoms in total. The van der Waals surface area contributed by atoms with Crippen LogP contribution in [-0.4, -0.2) is 51.2 Å². The fraction of sp³-hybridized carbons (Fsp3) is 0.650. The first-order chi connectivity index (χ1) is 12.2. The van der Waals surface area contributed by atoms with Gasteiger partial charge in [0.05, 0.1) is 6.61 Å². The zero-order valence-electron chi connectivity index (χ0n) is 16.5. The Bertz CT molecular complexity index is 530. The average Bonchev–Trinajstić information content (AvgIpc) is 2.64. The summed E-state index contributed by atoms with van der Waals surface area (Å²) < 4.78 is 5.27. The molecule has 0 unspecified atom stereocenters. The summed E-state index contributed by atoms with van der Waals surface area (Å²) in [4.78, 5) is 6.90. The van der Waals surface area contributed by atoms with E-state index < -0.39 is 0 Å². The number of rotatable bonds is 8. The maximum Gasteiger partial charge on any atom is 0.191 e. The van der Waals surface area contributed by atoms with Gasteiger partial charge in [0.15, 0.2) is 5.96 Å². The Balaban J connectivity index is 0.00000338. The number of likely N-dealkylation sites (tertiary alicyclic amines) is 1. The summed E-state index contributed by atoms with van der Waals surface area (Å²) in [7, 11) is 3.55. The lowest BCUT2D eigenvalue weighted by Crippen LogP contribution is -2.39. The van der Waals surface area contributed by atoms with Gasteiger partial charge in [0, 0.05) is 27.2 Å². The minimum atomic E-state index is 0. The second-order valence-electron chi connectivity index (χ2n) is 6.93. The molecule has 0 bridgehead atoms. The fourth-order valence-electron chi connectivity index (χ4n) is 3.22. The summed E-state index contributed by atoms with van der Waals surface area (Å²) in [5.41, 5.74) is 2.46. The van der Waals surface area contributed by atoms with Crippen molar-refractivity contribution in [3.63, 3.8) is 0 Å². The van der Waals surface area contributed by atoms with Crippen molar-refractivity contribution in [2.45, 2.75) is 39.3 Å². The summed E-state index contributed by atoms with van der Waals surface area (Å²) in [6.07, 6.45) is 3.84. The van der Waals surface area contributed by atoms with Crippen LogP contribution < -0.4 is 10.6 Å². The van der Waals surface area contributed by atoms with E-state index in [9.17, 15) is 0 Å². The van der Waals surface area contributed by atoms with Crippen molar-refractivity contribution in [3.05, 3.63) is 35.4 Å². The Morgan fingerprint density at radius 1 is 1.19 bits per heavy atom. The summed E-state index contributed by atoms with van der Waals surface area (Å²) in [6.45, 7) is 8.38. The highest BCUT2D eigenvalue weighted by atomic mass is 127. The zero-order valence-corrected chi connectivity index (χ0v) is 18.8. The minimum absolute atomic E-state index is 0. The van der Waals surface area contributed by atoms with Crippen molar-refractivity contribution in [3.8, 4) is 0 Å². The molecule has 0 radical (unpaired) electrons. The number of nitrogens with zero attached hydrogens (tertiary/aromatic N) is 2. The highest BCUT2D eigenvalue weighted by Crippen LogP contribution is 2.15. The largest absolute Gasteiger partial charge is 0.380 e. The molecule has 2 N–H and O–H groups in total. The highest BCUT2D eigenvalue weighted by molar-refractivity contribution is 14.0. The molecular weight excluding hydrogens is 439 g/mol. The monoisotopic (exact) mass is 474 g/mol. The maximum absolute atomic E-state index is 5.27. The van der Waals surface area contributed by atoms with Gasteiger partial charge in [-0.15, -0.1) is 24.0 Å². The predicted molar refractivity (Wildman–Crippen MR) is 120 cm³/mol. The summed E-state index contributed by atoms with van der Waals surface area (Å²) in [6, 6.07) is 8.35. The van der Waals surface area contributed by atoms with E-state index in [0.717, 1.165) is 31.4 Å². The van der Waals surface area contributed by atoms with Crippen LogP contribution >= 0.6 is 24.0 Å². The van der Waals surface area contributed by atoms with Crippen LogP contribution in [0.3, 0.4) is 0 Å². The molecule has 0 saturated carbocycles. The molecule has 0 aromatic heterocycles. The van der Waals surface area contributed by atoms with Gasteiger partial charge in [-0.05, 0) is 55.9 Å². The van der Waals surface area contributed by atoms with Gasteiger partial charge >= 0.3 is 0 Å². The van der Waals surface area contributed by atoms with Crippen LogP contribution in [0.2, 0.25) is 0 Å². The third-order valence-corrected chi connectivity index (χ3v) is 4.91. The van der Waals surface area contributed by atoms with Gasteiger partial charge in [0.2, 0.25) is 0 Å². The van der Waals surface area contributed by atoms with Crippen LogP contribution in [0.15, 0.2) is 29.3 Å². The molecule has 0 atom stereocenters. The van der Waals surface area contributed by atoms with Crippen molar-refractivity contribution in [1.82, 2.24) is 15.5 Å². The van der Waals surface area contributed by atoms with Gasteiger partial charge < -0.3 is 20.3 Å². The molecule has 1 aromatic carbocycles. The molecule has 0 aliphatic carbocycles. The number of piperidine rings is 1. The molecule has 148 valence electrons. The van der Waals surface area contributed by atoms with Crippen molar-refractivity contribution < 1.29 is 4.74 Å². The van der Waals surface area contributed by atoms with Crippen LogP contribution in [0.4, 0.5) is 0 Å². The van der Waals surface area contributed by atoms with Gasteiger partial charge in [-0.1, -0.05) is 31.2 Å². The third kappa shape index (κ3) is 8.22. The number of halogens is 1. The maximum atomic E-state index is 5.27. The van der Waals surface area contributed by atoms with E-state index >= 15 is 0 Å². The van der Waals surface area contributed by atoms with Gasteiger partial charge in [0.25, 0.3) is 0 Å². The minimum Gasteiger partial charge on any atom is -0.380 e. The smallest absolute Gasteiger partial charge is 0.191 e. The lowest BCUT2D eigenvalue weighted by molar-refractivity contribution is 0.184. The fourth-order valence-corrected chi connectivity index (χ4v) is 3.22. The molecule has 1 aliphatic heterocycles. The molecule has 0 amide bonds. The number of hydrogen-bond donors (Lipinski definition) is 2. The van der Waals surface area contributed by atoms with E-state index in [1.165, 1.54) is 43.6 Å². The first-order valence-corrected chi connectivity index (χ1v) is 9.45. The molecule has 6 heteroatoms. The molecule has 0 spiro atoms. The van der Waals surface area contributed by atoms with Crippen LogP contribution in [-0.2, 0) is 17.9 Å². The molecular formula is C20H35IN4O. The van der Waals surface area contributed by atoms with E-state index in [4.69, 9.17) is 4.74 Å². The van der Waals surface area contributed by atoms with Gasteiger partial charge in [-0.3, -0.25) is 4.99 Å². The Morgan fingerprint density at radius 2 is 1.88 bits per heavy atom. The number of benzene rings is 1. The highest BCUT2D eigenvalue weighted by Gasteiger charge is 2.14. The average molecular weight is 474 g/mol. The number of ether oxygens (including phenoxy) is 1. The first kappa shape index (κ1) is 23.2. The first-order valence-electron chi connectivity index (χ1n) is 9.45. The number of aliphatic imine (C=N–C) groups is 1.